The van der Waals surface area contributed by atoms with E-state index in [1.165, 1.54) is 0 Å². The molecule has 1 aliphatic heterocycles. The number of piperidine rings is 1. The third-order valence-corrected chi connectivity index (χ3v) is 3.57. The van der Waals surface area contributed by atoms with Gasteiger partial charge in [0.2, 0.25) is 0 Å². The van der Waals surface area contributed by atoms with E-state index < -0.39 is 5.60 Å². The zero-order valence-corrected chi connectivity index (χ0v) is 13.2. The number of nitrogens with zero attached hydrogens (tertiary/aromatic N) is 1. The van der Waals surface area contributed by atoms with E-state index in [9.17, 15) is 4.79 Å². The van der Waals surface area contributed by atoms with Crippen LogP contribution in [0.25, 0.3) is 0 Å². The number of carbonyl (C=O) groups excluding carboxylic acids is 1. The van der Waals surface area contributed by atoms with E-state index in [1.807, 2.05) is 25.7 Å². The summed E-state index contributed by atoms with van der Waals surface area (Å²) >= 11 is 0. The van der Waals surface area contributed by atoms with Crippen molar-refractivity contribution in [3.8, 4) is 0 Å². The summed E-state index contributed by atoms with van der Waals surface area (Å²) in [5.41, 5.74) is -0.448. The van der Waals surface area contributed by atoms with E-state index in [-0.39, 0.29) is 18.2 Å². The first-order valence-corrected chi connectivity index (χ1v) is 7.28. The van der Waals surface area contributed by atoms with Crippen LogP contribution in [0.4, 0.5) is 4.79 Å². The number of rotatable bonds is 3. The molecular formula is C15H29NO3. The molecule has 1 aliphatic rings. The molecule has 1 amide bonds. The average molecular weight is 271 g/mol. The lowest BCUT2D eigenvalue weighted by atomic mass is 9.86. The third-order valence-electron chi connectivity index (χ3n) is 3.57. The Hall–Kier alpha value is -0.770. The molecule has 1 rings (SSSR count). The fraction of sp³-hybridized carbons (Fsp3) is 0.933. The average Bonchev–Trinajstić information content (AvgIpc) is 2.25. The van der Waals surface area contributed by atoms with Crippen molar-refractivity contribution in [1.82, 2.24) is 4.90 Å². The van der Waals surface area contributed by atoms with Crippen LogP contribution in [0, 0.1) is 5.92 Å². The van der Waals surface area contributed by atoms with Gasteiger partial charge in [-0.25, -0.2) is 4.79 Å². The first-order chi connectivity index (χ1) is 8.78. The first kappa shape index (κ1) is 16.3. The van der Waals surface area contributed by atoms with Crippen molar-refractivity contribution in [3.05, 3.63) is 0 Å². The minimum Gasteiger partial charge on any atom is -0.444 e. The summed E-state index contributed by atoms with van der Waals surface area (Å²) in [6.45, 7) is 10.7. The van der Waals surface area contributed by atoms with E-state index in [2.05, 4.69) is 13.8 Å². The van der Waals surface area contributed by atoms with Crippen LogP contribution >= 0.6 is 0 Å². The maximum absolute atomic E-state index is 12.4. The molecule has 4 nitrogen and oxygen atoms in total. The highest BCUT2D eigenvalue weighted by Gasteiger charge is 2.38. The SMILES string of the molecule is CC[C@@H]1C[C@H](C)C[C@H](COC)N1C(=O)OC(C)(C)C. The van der Waals surface area contributed by atoms with Gasteiger partial charge in [0.15, 0.2) is 0 Å². The van der Waals surface area contributed by atoms with E-state index in [4.69, 9.17) is 9.47 Å². The number of likely N-dealkylation sites (tertiary alicyclic amines) is 1. The van der Waals surface area contributed by atoms with Crippen LogP contribution in [0.2, 0.25) is 0 Å². The minimum atomic E-state index is -0.448. The Morgan fingerprint density at radius 1 is 1.26 bits per heavy atom. The molecule has 1 heterocycles. The quantitative estimate of drug-likeness (QED) is 0.789. The van der Waals surface area contributed by atoms with Crippen LogP contribution in [-0.2, 0) is 9.47 Å². The summed E-state index contributed by atoms with van der Waals surface area (Å²) in [5, 5.41) is 0. The second-order valence-electron chi connectivity index (χ2n) is 6.64. The van der Waals surface area contributed by atoms with Gasteiger partial charge in [-0.15, -0.1) is 0 Å². The summed E-state index contributed by atoms with van der Waals surface area (Å²) < 4.78 is 10.8. The number of hydrogen-bond acceptors (Lipinski definition) is 3. The molecule has 0 unspecified atom stereocenters. The Bertz CT molecular complexity index is 298. The lowest BCUT2D eigenvalue weighted by molar-refractivity contribution is -0.0278. The van der Waals surface area contributed by atoms with Crippen LogP contribution in [0.3, 0.4) is 0 Å². The Morgan fingerprint density at radius 3 is 2.32 bits per heavy atom. The second-order valence-corrected chi connectivity index (χ2v) is 6.64. The van der Waals surface area contributed by atoms with Gasteiger partial charge in [0, 0.05) is 13.2 Å². The van der Waals surface area contributed by atoms with E-state index in [0.717, 1.165) is 19.3 Å². The smallest absolute Gasteiger partial charge is 0.410 e. The Labute approximate surface area is 117 Å². The molecule has 0 N–H and O–H groups in total. The van der Waals surface area contributed by atoms with Crippen LogP contribution < -0.4 is 0 Å². The number of carbonyl (C=O) groups is 1. The van der Waals surface area contributed by atoms with Crippen molar-refractivity contribution in [3.63, 3.8) is 0 Å². The Kier molecular flexibility index (Phi) is 5.65. The van der Waals surface area contributed by atoms with Crippen molar-refractivity contribution < 1.29 is 14.3 Å². The van der Waals surface area contributed by atoms with Gasteiger partial charge in [-0.1, -0.05) is 13.8 Å². The largest absolute Gasteiger partial charge is 0.444 e. The molecule has 0 aliphatic carbocycles. The molecule has 0 aromatic heterocycles. The molecule has 1 saturated heterocycles. The van der Waals surface area contributed by atoms with Crippen molar-refractivity contribution in [2.45, 2.75) is 71.6 Å². The normalized spacial score (nSPS) is 28.3. The zero-order chi connectivity index (χ0) is 14.6. The summed E-state index contributed by atoms with van der Waals surface area (Å²) in [7, 11) is 1.69. The molecule has 19 heavy (non-hydrogen) atoms. The van der Waals surface area contributed by atoms with Gasteiger partial charge in [0.05, 0.1) is 12.6 Å². The van der Waals surface area contributed by atoms with E-state index in [1.54, 1.807) is 7.11 Å². The van der Waals surface area contributed by atoms with Crippen LogP contribution in [0.15, 0.2) is 0 Å². The molecule has 0 spiro atoms. The van der Waals surface area contributed by atoms with Gasteiger partial charge in [-0.05, 0) is 46.0 Å². The maximum atomic E-state index is 12.4. The van der Waals surface area contributed by atoms with Crippen molar-refractivity contribution >= 4 is 6.09 Å². The minimum absolute atomic E-state index is 0.133. The van der Waals surface area contributed by atoms with Gasteiger partial charge < -0.3 is 9.47 Å². The standard InChI is InChI=1S/C15H29NO3/c1-7-12-8-11(2)9-13(10-18-6)16(12)14(17)19-15(3,4)5/h11-13H,7-10H2,1-6H3/t11-,12+,13+/m0/s1. The van der Waals surface area contributed by atoms with Gasteiger partial charge in [-0.3, -0.25) is 4.90 Å². The summed E-state index contributed by atoms with van der Waals surface area (Å²) in [6, 6.07) is 0.396. The number of ether oxygens (including phenoxy) is 2. The lowest BCUT2D eigenvalue weighted by Crippen LogP contribution is -2.54. The fourth-order valence-corrected chi connectivity index (χ4v) is 2.87. The summed E-state index contributed by atoms with van der Waals surface area (Å²) in [6.07, 6.45) is 2.80. The van der Waals surface area contributed by atoms with Crippen LogP contribution in [-0.4, -0.2) is 42.4 Å². The predicted octanol–water partition coefficient (Wildman–Crippen LogP) is 3.45. The molecule has 1 fully saturated rings. The van der Waals surface area contributed by atoms with Gasteiger partial charge in [-0.2, -0.15) is 0 Å². The second kappa shape index (κ2) is 6.60. The summed E-state index contributed by atoms with van der Waals surface area (Å²) in [5.74, 6) is 0.629. The first-order valence-electron chi connectivity index (χ1n) is 7.28. The van der Waals surface area contributed by atoms with Crippen LogP contribution in [0.1, 0.15) is 53.9 Å². The Morgan fingerprint density at radius 2 is 1.84 bits per heavy atom. The predicted molar refractivity (Wildman–Crippen MR) is 76.2 cm³/mol. The van der Waals surface area contributed by atoms with Gasteiger partial charge in [0.1, 0.15) is 5.60 Å². The zero-order valence-electron chi connectivity index (χ0n) is 13.2. The molecule has 0 bridgehead atoms. The fourth-order valence-electron chi connectivity index (χ4n) is 2.87. The Balaban J connectivity index is 2.85. The highest BCUT2D eigenvalue weighted by Crippen LogP contribution is 2.31. The maximum Gasteiger partial charge on any atom is 0.410 e. The number of hydrogen-bond donors (Lipinski definition) is 0. The van der Waals surface area contributed by atoms with E-state index >= 15 is 0 Å². The molecule has 112 valence electrons. The molecular weight excluding hydrogens is 242 g/mol. The molecule has 0 radical (unpaired) electrons. The third kappa shape index (κ3) is 4.68. The van der Waals surface area contributed by atoms with Crippen molar-refractivity contribution in [1.29, 1.82) is 0 Å². The molecule has 0 aromatic rings. The topological polar surface area (TPSA) is 38.8 Å². The van der Waals surface area contributed by atoms with Gasteiger partial charge in [0.25, 0.3) is 0 Å². The van der Waals surface area contributed by atoms with Crippen molar-refractivity contribution in [2.75, 3.05) is 13.7 Å². The van der Waals surface area contributed by atoms with Crippen molar-refractivity contribution in [2.24, 2.45) is 5.92 Å². The molecule has 3 atom stereocenters. The number of methoxy groups -OCH3 is 1. The van der Waals surface area contributed by atoms with E-state index in [0.29, 0.717) is 12.5 Å². The highest BCUT2D eigenvalue weighted by atomic mass is 16.6. The van der Waals surface area contributed by atoms with Gasteiger partial charge >= 0.3 is 6.09 Å². The molecule has 4 heteroatoms. The molecule has 0 aromatic carbocycles. The summed E-state index contributed by atoms with van der Waals surface area (Å²) in [4.78, 5) is 14.3. The molecule has 0 saturated carbocycles. The van der Waals surface area contributed by atoms with Crippen LogP contribution in [0.5, 0.6) is 0 Å². The highest BCUT2D eigenvalue weighted by molar-refractivity contribution is 5.69. The lowest BCUT2D eigenvalue weighted by Gasteiger charge is -2.44. The number of amides is 1. The monoisotopic (exact) mass is 271 g/mol.